The van der Waals surface area contributed by atoms with Gasteiger partial charge in [0.15, 0.2) is 0 Å². The zero-order valence-corrected chi connectivity index (χ0v) is 13.7. The minimum Gasteiger partial charge on any atom is -0.356 e. The Morgan fingerprint density at radius 1 is 1.40 bits per heavy atom. The number of rotatable bonds is 5. The molecular formula is C15H30ClN3O. The molecule has 1 unspecified atom stereocenters. The highest BCUT2D eigenvalue weighted by atomic mass is 35.5. The number of amides is 1. The maximum absolute atomic E-state index is 11.9. The van der Waals surface area contributed by atoms with Gasteiger partial charge in [0.1, 0.15) is 0 Å². The van der Waals surface area contributed by atoms with E-state index < -0.39 is 0 Å². The fourth-order valence-electron chi connectivity index (χ4n) is 3.29. The second kappa shape index (κ2) is 8.20. The summed E-state index contributed by atoms with van der Waals surface area (Å²) >= 11 is 0. The number of carbonyl (C=O) groups is 1. The highest BCUT2D eigenvalue weighted by Gasteiger charge is 2.33. The molecule has 20 heavy (non-hydrogen) atoms. The summed E-state index contributed by atoms with van der Waals surface area (Å²) in [6.07, 6.45) is 4.36. The van der Waals surface area contributed by atoms with Crippen LogP contribution in [0.4, 0.5) is 0 Å². The van der Waals surface area contributed by atoms with Gasteiger partial charge in [0.25, 0.3) is 0 Å². The molecule has 2 fully saturated rings. The Hall–Kier alpha value is -0.320. The van der Waals surface area contributed by atoms with E-state index >= 15 is 0 Å². The van der Waals surface area contributed by atoms with Crippen LogP contribution < -0.4 is 10.6 Å². The lowest BCUT2D eigenvalue weighted by atomic mass is 9.87. The van der Waals surface area contributed by atoms with E-state index in [1.54, 1.807) is 0 Å². The first-order valence-electron chi connectivity index (χ1n) is 7.84. The number of piperidine rings is 1. The smallest absolute Gasteiger partial charge is 0.223 e. The summed E-state index contributed by atoms with van der Waals surface area (Å²) in [6, 6.07) is 0. The largest absolute Gasteiger partial charge is 0.356 e. The summed E-state index contributed by atoms with van der Waals surface area (Å²) in [4.78, 5) is 14.5. The molecule has 118 valence electrons. The molecule has 0 radical (unpaired) electrons. The van der Waals surface area contributed by atoms with Crippen molar-refractivity contribution in [2.75, 3.05) is 39.3 Å². The Bertz CT molecular complexity index is 297. The molecule has 0 bridgehead atoms. The molecule has 0 aromatic heterocycles. The van der Waals surface area contributed by atoms with Crippen LogP contribution in [0.5, 0.6) is 0 Å². The average molecular weight is 304 g/mol. The van der Waals surface area contributed by atoms with Crippen molar-refractivity contribution in [3.05, 3.63) is 0 Å². The van der Waals surface area contributed by atoms with E-state index in [2.05, 4.69) is 29.4 Å². The van der Waals surface area contributed by atoms with Gasteiger partial charge in [-0.1, -0.05) is 13.8 Å². The van der Waals surface area contributed by atoms with E-state index in [1.165, 1.54) is 13.0 Å². The van der Waals surface area contributed by atoms with Gasteiger partial charge in [-0.15, -0.1) is 12.4 Å². The predicted molar refractivity (Wildman–Crippen MR) is 85.3 cm³/mol. The van der Waals surface area contributed by atoms with E-state index in [0.717, 1.165) is 52.0 Å². The van der Waals surface area contributed by atoms with E-state index in [1.807, 2.05) is 0 Å². The normalized spacial score (nSPS) is 28.1. The Morgan fingerprint density at radius 3 is 2.65 bits per heavy atom. The maximum Gasteiger partial charge on any atom is 0.223 e. The van der Waals surface area contributed by atoms with Gasteiger partial charge in [-0.3, -0.25) is 4.79 Å². The molecule has 0 aromatic rings. The third-order valence-corrected chi connectivity index (χ3v) is 4.57. The van der Waals surface area contributed by atoms with Crippen LogP contribution in [0, 0.1) is 11.3 Å². The van der Waals surface area contributed by atoms with E-state index in [0.29, 0.717) is 5.41 Å². The van der Waals surface area contributed by atoms with Gasteiger partial charge in [-0.2, -0.15) is 0 Å². The SMILES string of the molecule is CCCNC(=O)C1CCN(CC2(C)CCNC2)CC1.Cl. The van der Waals surface area contributed by atoms with E-state index in [9.17, 15) is 4.79 Å². The van der Waals surface area contributed by atoms with Crippen LogP contribution in [0.3, 0.4) is 0 Å². The quantitative estimate of drug-likeness (QED) is 0.812. The van der Waals surface area contributed by atoms with Gasteiger partial charge in [-0.05, 0) is 50.7 Å². The van der Waals surface area contributed by atoms with Crippen molar-refractivity contribution >= 4 is 18.3 Å². The van der Waals surface area contributed by atoms with Crippen LogP contribution in [0.1, 0.15) is 39.5 Å². The summed E-state index contributed by atoms with van der Waals surface area (Å²) in [5.74, 6) is 0.521. The molecule has 2 N–H and O–H groups in total. The Kier molecular flexibility index (Phi) is 7.27. The summed E-state index contributed by atoms with van der Waals surface area (Å²) < 4.78 is 0. The van der Waals surface area contributed by atoms with Gasteiger partial charge in [0.2, 0.25) is 5.91 Å². The molecule has 0 aromatic carbocycles. The lowest BCUT2D eigenvalue weighted by molar-refractivity contribution is -0.126. The van der Waals surface area contributed by atoms with Crippen LogP contribution in [0.2, 0.25) is 0 Å². The lowest BCUT2D eigenvalue weighted by Crippen LogP contribution is -2.44. The second-order valence-electron chi connectivity index (χ2n) is 6.58. The van der Waals surface area contributed by atoms with Crippen molar-refractivity contribution in [3.8, 4) is 0 Å². The zero-order chi connectivity index (χ0) is 13.7. The highest BCUT2D eigenvalue weighted by molar-refractivity contribution is 5.85. The van der Waals surface area contributed by atoms with Gasteiger partial charge in [0.05, 0.1) is 0 Å². The number of nitrogens with zero attached hydrogens (tertiary/aromatic N) is 1. The minimum absolute atomic E-state index is 0. The van der Waals surface area contributed by atoms with Crippen LogP contribution in [-0.4, -0.2) is 50.1 Å². The van der Waals surface area contributed by atoms with Crippen molar-refractivity contribution in [1.82, 2.24) is 15.5 Å². The van der Waals surface area contributed by atoms with Gasteiger partial charge in [-0.25, -0.2) is 0 Å². The fourth-order valence-corrected chi connectivity index (χ4v) is 3.29. The van der Waals surface area contributed by atoms with Crippen LogP contribution in [0.15, 0.2) is 0 Å². The minimum atomic E-state index is 0. The molecule has 4 nitrogen and oxygen atoms in total. The number of halogens is 1. The van der Waals surface area contributed by atoms with E-state index in [-0.39, 0.29) is 24.2 Å². The second-order valence-corrected chi connectivity index (χ2v) is 6.58. The summed E-state index contributed by atoms with van der Waals surface area (Å²) in [7, 11) is 0. The van der Waals surface area contributed by atoms with Crippen molar-refractivity contribution in [2.24, 2.45) is 11.3 Å². The first-order valence-corrected chi connectivity index (χ1v) is 7.84. The standard InChI is InChI=1S/C15H29N3O.ClH/c1-3-7-17-14(19)13-4-9-18(10-5-13)12-15(2)6-8-16-11-15;/h13,16H,3-12H2,1-2H3,(H,17,19);1H. The van der Waals surface area contributed by atoms with Crippen LogP contribution in [-0.2, 0) is 4.79 Å². The number of carbonyl (C=O) groups excluding carboxylic acids is 1. The summed E-state index contributed by atoms with van der Waals surface area (Å²) in [6.45, 7) is 11.0. The number of hydrogen-bond acceptors (Lipinski definition) is 3. The topological polar surface area (TPSA) is 44.4 Å². The fraction of sp³-hybridized carbons (Fsp3) is 0.933. The van der Waals surface area contributed by atoms with Crippen molar-refractivity contribution in [2.45, 2.75) is 39.5 Å². The molecule has 2 heterocycles. The highest BCUT2D eigenvalue weighted by Crippen LogP contribution is 2.28. The van der Waals surface area contributed by atoms with Crippen LogP contribution >= 0.6 is 12.4 Å². The first kappa shape index (κ1) is 17.7. The third-order valence-electron chi connectivity index (χ3n) is 4.57. The molecular weight excluding hydrogens is 274 g/mol. The summed E-state index contributed by atoms with van der Waals surface area (Å²) in [5, 5.41) is 6.49. The van der Waals surface area contributed by atoms with Crippen molar-refractivity contribution < 1.29 is 4.79 Å². The van der Waals surface area contributed by atoms with Crippen molar-refractivity contribution in [3.63, 3.8) is 0 Å². The van der Waals surface area contributed by atoms with Crippen molar-refractivity contribution in [1.29, 1.82) is 0 Å². The number of nitrogens with one attached hydrogen (secondary N) is 2. The molecule has 2 rings (SSSR count). The number of hydrogen-bond donors (Lipinski definition) is 2. The van der Waals surface area contributed by atoms with Gasteiger partial charge in [0, 0.05) is 25.6 Å². The molecule has 1 amide bonds. The Labute approximate surface area is 129 Å². The molecule has 1 atom stereocenters. The maximum atomic E-state index is 11.9. The monoisotopic (exact) mass is 303 g/mol. The molecule has 0 spiro atoms. The zero-order valence-electron chi connectivity index (χ0n) is 12.9. The Balaban J connectivity index is 0.00000200. The van der Waals surface area contributed by atoms with Crippen LogP contribution in [0.25, 0.3) is 0 Å². The summed E-state index contributed by atoms with van der Waals surface area (Å²) in [5.41, 5.74) is 0.442. The molecule has 2 aliphatic rings. The van der Waals surface area contributed by atoms with E-state index in [4.69, 9.17) is 0 Å². The predicted octanol–water partition coefficient (Wildman–Crippen LogP) is 1.65. The average Bonchev–Trinajstić information content (AvgIpc) is 2.83. The molecule has 2 saturated heterocycles. The Morgan fingerprint density at radius 2 is 2.10 bits per heavy atom. The van der Waals surface area contributed by atoms with Gasteiger partial charge >= 0.3 is 0 Å². The number of likely N-dealkylation sites (tertiary alicyclic amines) is 1. The molecule has 2 aliphatic heterocycles. The third kappa shape index (κ3) is 4.90. The molecule has 5 heteroatoms. The lowest BCUT2D eigenvalue weighted by Gasteiger charge is -2.36. The van der Waals surface area contributed by atoms with Gasteiger partial charge < -0.3 is 15.5 Å². The molecule has 0 aliphatic carbocycles. The molecule has 0 saturated carbocycles. The first-order chi connectivity index (χ1) is 9.13.